The van der Waals surface area contributed by atoms with Crippen molar-refractivity contribution in [2.75, 3.05) is 11.8 Å². The molecule has 0 aliphatic rings. The Morgan fingerprint density at radius 3 is 2.61 bits per heavy atom. The van der Waals surface area contributed by atoms with Crippen LogP contribution in [0.25, 0.3) is 0 Å². The number of carboxylic acid groups (broad SMARTS) is 1. The highest BCUT2D eigenvalue weighted by Crippen LogP contribution is 2.27. The average Bonchev–Trinajstić information content (AvgIpc) is 2.93. The van der Waals surface area contributed by atoms with Crippen LogP contribution >= 0.6 is 11.3 Å². The lowest BCUT2D eigenvalue weighted by molar-refractivity contribution is 0.0606. The number of benzene rings is 1. The summed E-state index contributed by atoms with van der Waals surface area (Å²) in [6.07, 6.45) is 0. The van der Waals surface area contributed by atoms with Crippen molar-refractivity contribution in [3.8, 4) is 0 Å². The van der Waals surface area contributed by atoms with Crippen LogP contribution in [0.3, 0.4) is 0 Å². The van der Waals surface area contributed by atoms with Crippen molar-refractivity contribution < 1.29 is 32.2 Å². The first-order chi connectivity index (χ1) is 10.8. The van der Waals surface area contributed by atoms with Crippen molar-refractivity contribution in [1.29, 1.82) is 0 Å². The largest absolute Gasteiger partial charge is 0.478 e. The third kappa shape index (κ3) is 3.48. The molecule has 0 amide bonds. The fourth-order valence-electron chi connectivity index (χ4n) is 1.68. The number of carboxylic acids is 1. The van der Waals surface area contributed by atoms with E-state index in [4.69, 9.17) is 5.11 Å². The number of sulfonamides is 1. The highest BCUT2D eigenvalue weighted by molar-refractivity contribution is 7.92. The second-order valence-electron chi connectivity index (χ2n) is 4.21. The van der Waals surface area contributed by atoms with E-state index in [9.17, 15) is 22.4 Å². The average molecular weight is 359 g/mol. The van der Waals surface area contributed by atoms with Crippen LogP contribution in [-0.4, -0.2) is 32.6 Å². The summed E-state index contributed by atoms with van der Waals surface area (Å²) < 4.78 is 44.9. The van der Waals surface area contributed by atoms with E-state index in [1.165, 1.54) is 11.4 Å². The Morgan fingerprint density at radius 1 is 1.30 bits per heavy atom. The van der Waals surface area contributed by atoms with E-state index in [1.54, 1.807) is 0 Å². The second-order valence-corrected chi connectivity index (χ2v) is 6.78. The van der Waals surface area contributed by atoms with Gasteiger partial charge in [-0.05, 0) is 29.6 Å². The quantitative estimate of drug-likeness (QED) is 0.792. The summed E-state index contributed by atoms with van der Waals surface area (Å²) in [6.45, 7) is 0. The van der Waals surface area contributed by atoms with Crippen LogP contribution in [0.4, 0.5) is 10.1 Å². The van der Waals surface area contributed by atoms with Gasteiger partial charge in [-0.2, -0.15) is 0 Å². The Hall–Kier alpha value is -2.46. The summed E-state index contributed by atoms with van der Waals surface area (Å²) >= 11 is 0.941. The van der Waals surface area contributed by atoms with Gasteiger partial charge in [-0.1, -0.05) is 0 Å². The molecule has 2 aromatic rings. The van der Waals surface area contributed by atoms with Gasteiger partial charge in [0, 0.05) is 0 Å². The van der Waals surface area contributed by atoms with Gasteiger partial charge in [0.1, 0.15) is 15.6 Å². The molecule has 0 fully saturated rings. The SMILES string of the molecule is COC(=O)c1sccc1NS(=O)(=O)c1cc(C(=O)O)ccc1F. The molecular weight excluding hydrogens is 349 g/mol. The molecule has 0 spiro atoms. The summed E-state index contributed by atoms with van der Waals surface area (Å²) in [5.41, 5.74) is -0.465. The zero-order valence-corrected chi connectivity index (χ0v) is 13.2. The number of thiophene rings is 1. The van der Waals surface area contributed by atoms with E-state index in [2.05, 4.69) is 9.46 Å². The van der Waals surface area contributed by atoms with Crippen LogP contribution < -0.4 is 4.72 Å². The van der Waals surface area contributed by atoms with Crippen LogP contribution in [-0.2, 0) is 14.8 Å². The number of methoxy groups -OCH3 is 1. The number of aromatic carboxylic acids is 1. The third-order valence-corrected chi connectivity index (χ3v) is 5.02. The van der Waals surface area contributed by atoms with Gasteiger partial charge in [-0.3, -0.25) is 4.72 Å². The number of rotatable bonds is 5. The monoisotopic (exact) mass is 359 g/mol. The van der Waals surface area contributed by atoms with Gasteiger partial charge in [0.25, 0.3) is 10.0 Å². The van der Waals surface area contributed by atoms with E-state index < -0.39 is 32.7 Å². The van der Waals surface area contributed by atoms with Crippen LogP contribution in [0.1, 0.15) is 20.0 Å². The molecule has 1 heterocycles. The van der Waals surface area contributed by atoms with Gasteiger partial charge < -0.3 is 9.84 Å². The maximum atomic E-state index is 13.8. The van der Waals surface area contributed by atoms with Crippen LogP contribution in [0.2, 0.25) is 0 Å². The molecule has 7 nitrogen and oxygen atoms in total. The number of esters is 1. The van der Waals surface area contributed by atoms with Gasteiger partial charge in [-0.15, -0.1) is 11.3 Å². The minimum atomic E-state index is -4.42. The van der Waals surface area contributed by atoms with Crippen molar-refractivity contribution in [2.24, 2.45) is 0 Å². The minimum Gasteiger partial charge on any atom is -0.478 e. The molecule has 0 bridgehead atoms. The summed E-state index contributed by atoms with van der Waals surface area (Å²) in [7, 11) is -3.29. The van der Waals surface area contributed by atoms with Crippen molar-refractivity contribution >= 4 is 39.0 Å². The number of carbonyl (C=O) groups is 2. The molecule has 0 atom stereocenters. The molecule has 0 aliphatic carbocycles. The fraction of sp³-hybridized carbons (Fsp3) is 0.0769. The van der Waals surface area contributed by atoms with E-state index in [1.807, 2.05) is 0 Å². The van der Waals surface area contributed by atoms with Crippen molar-refractivity contribution in [3.05, 3.63) is 45.9 Å². The fourth-order valence-corrected chi connectivity index (χ4v) is 3.69. The normalized spacial score (nSPS) is 11.0. The lowest BCUT2D eigenvalue weighted by Gasteiger charge is -2.09. The Bertz CT molecular complexity index is 874. The lowest BCUT2D eigenvalue weighted by atomic mass is 10.2. The molecule has 0 radical (unpaired) electrons. The maximum Gasteiger partial charge on any atom is 0.350 e. The predicted octanol–water partition coefficient (Wildman–Crippen LogP) is 2.17. The third-order valence-electron chi connectivity index (χ3n) is 2.75. The van der Waals surface area contributed by atoms with Crippen LogP contribution in [0.15, 0.2) is 34.5 Å². The molecule has 0 aliphatic heterocycles. The highest BCUT2D eigenvalue weighted by Gasteiger charge is 2.24. The molecule has 1 aromatic heterocycles. The molecule has 0 unspecified atom stereocenters. The van der Waals surface area contributed by atoms with Gasteiger partial charge >= 0.3 is 11.9 Å². The number of ether oxygens (including phenoxy) is 1. The molecule has 10 heteroatoms. The van der Waals surface area contributed by atoms with Gasteiger partial charge in [0.2, 0.25) is 0 Å². The number of halogens is 1. The standard InChI is InChI=1S/C13H10FNO6S2/c1-21-13(18)11-9(4-5-22-11)15-23(19,20)10-6-7(12(16)17)2-3-8(10)14/h2-6,15H,1H3,(H,16,17). The lowest BCUT2D eigenvalue weighted by Crippen LogP contribution is -2.17. The first kappa shape index (κ1) is 16.9. The van der Waals surface area contributed by atoms with Crippen LogP contribution in [0, 0.1) is 5.82 Å². The molecule has 0 saturated heterocycles. The number of carbonyl (C=O) groups excluding carboxylic acids is 1. The van der Waals surface area contributed by atoms with Crippen LogP contribution in [0.5, 0.6) is 0 Å². The van der Waals surface area contributed by atoms with E-state index in [0.29, 0.717) is 6.07 Å². The maximum absolute atomic E-state index is 13.8. The minimum absolute atomic E-state index is 0.00845. The molecule has 23 heavy (non-hydrogen) atoms. The summed E-state index contributed by atoms with van der Waals surface area (Å²) in [5.74, 6) is -3.26. The van der Waals surface area contributed by atoms with Crippen molar-refractivity contribution in [1.82, 2.24) is 0 Å². The molecule has 1 aromatic carbocycles. The highest BCUT2D eigenvalue weighted by atomic mass is 32.2. The zero-order valence-electron chi connectivity index (χ0n) is 11.6. The predicted molar refractivity (Wildman–Crippen MR) is 79.8 cm³/mol. The number of hydrogen-bond donors (Lipinski definition) is 2. The van der Waals surface area contributed by atoms with Gasteiger partial charge in [0.15, 0.2) is 0 Å². The number of anilines is 1. The Balaban J connectivity index is 2.44. The van der Waals surface area contributed by atoms with E-state index >= 15 is 0 Å². The summed E-state index contributed by atoms with van der Waals surface area (Å²) in [6, 6.07) is 3.70. The van der Waals surface area contributed by atoms with Gasteiger partial charge in [-0.25, -0.2) is 22.4 Å². The van der Waals surface area contributed by atoms with E-state index in [0.717, 1.165) is 30.6 Å². The zero-order chi connectivity index (χ0) is 17.2. The Morgan fingerprint density at radius 2 is 2.00 bits per heavy atom. The molecule has 2 rings (SSSR count). The topological polar surface area (TPSA) is 110 Å². The molecule has 122 valence electrons. The second kappa shape index (κ2) is 6.34. The van der Waals surface area contributed by atoms with Gasteiger partial charge in [0.05, 0.1) is 18.4 Å². The molecule has 2 N–H and O–H groups in total. The number of nitrogens with one attached hydrogen (secondary N) is 1. The first-order valence-electron chi connectivity index (χ1n) is 5.97. The first-order valence-corrected chi connectivity index (χ1v) is 8.34. The number of hydrogen-bond acceptors (Lipinski definition) is 6. The van der Waals surface area contributed by atoms with Crippen molar-refractivity contribution in [3.63, 3.8) is 0 Å². The van der Waals surface area contributed by atoms with Crippen molar-refractivity contribution in [2.45, 2.75) is 4.90 Å². The Labute approximate surface area is 134 Å². The summed E-state index contributed by atoms with van der Waals surface area (Å²) in [5, 5.41) is 10.3. The molecular formula is C13H10FNO6S2. The summed E-state index contributed by atoms with van der Waals surface area (Å²) in [4.78, 5) is 21.6. The van der Waals surface area contributed by atoms with E-state index in [-0.39, 0.29) is 16.1 Å². The Kier molecular flexibility index (Phi) is 4.66. The molecule has 0 saturated carbocycles. The smallest absolute Gasteiger partial charge is 0.350 e.